The molecule has 1 unspecified atom stereocenters. The van der Waals surface area contributed by atoms with Crippen LogP contribution in [0.4, 0.5) is 0 Å². The van der Waals surface area contributed by atoms with E-state index >= 15 is 0 Å². The van der Waals surface area contributed by atoms with Gasteiger partial charge >= 0.3 is 0 Å². The van der Waals surface area contributed by atoms with Crippen molar-refractivity contribution in [2.24, 2.45) is 0 Å². The van der Waals surface area contributed by atoms with Crippen LogP contribution < -0.4 is 14.2 Å². The first-order valence-corrected chi connectivity index (χ1v) is 13.6. The Hall–Kier alpha value is -3.25. The number of carbonyl (C=O) groups is 2. The summed E-state index contributed by atoms with van der Waals surface area (Å²) in [6.07, 6.45) is 5.04. The highest BCUT2D eigenvalue weighted by Crippen LogP contribution is 2.31. The van der Waals surface area contributed by atoms with Crippen LogP contribution in [0, 0.1) is 0 Å². The van der Waals surface area contributed by atoms with Gasteiger partial charge in [-0.05, 0) is 97.8 Å². The standard InChI is InChI=1S/C31H36O5S/c1-5-8-26-21-30(36-29-18-16-27(34-4)17-19-29)15-10-24(26)9-6-7-20-35-28-13-11-25(12-14-28)31(22(2)32)37-23(3)33/h10-19,21,31H,5-9,20H2,1-4H3. The van der Waals surface area contributed by atoms with Gasteiger partial charge < -0.3 is 14.2 Å². The van der Waals surface area contributed by atoms with E-state index in [1.807, 2.05) is 54.6 Å². The van der Waals surface area contributed by atoms with Crippen molar-refractivity contribution in [2.45, 2.75) is 58.1 Å². The van der Waals surface area contributed by atoms with Gasteiger partial charge in [-0.1, -0.05) is 43.3 Å². The molecule has 0 heterocycles. The minimum absolute atomic E-state index is 0.0309. The van der Waals surface area contributed by atoms with Crippen molar-refractivity contribution < 1.29 is 23.8 Å². The van der Waals surface area contributed by atoms with E-state index in [0.717, 1.165) is 72.4 Å². The van der Waals surface area contributed by atoms with Gasteiger partial charge in [0.1, 0.15) is 28.8 Å². The predicted molar refractivity (Wildman–Crippen MR) is 150 cm³/mol. The summed E-state index contributed by atoms with van der Waals surface area (Å²) in [6, 6.07) is 21.4. The normalized spacial score (nSPS) is 11.6. The molecule has 3 aromatic carbocycles. The Morgan fingerprint density at radius 1 is 0.784 bits per heavy atom. The first-order valence-electron chi connectivity index (χ1n) is 12.7. The fraction of sp³-hybridized carbons (Fsp3) is 0.355. The highest BCUT2D eigenvalue weighted by Gasteiger charge is 2.19. The first kappa shape index (κ1) is 28.3. The minimum Gasteiger partial charge on any atom is -0.497 e. The van der Waals surface area contributed by atoms with E-state index in [4.69, 9.17) is 14.2 Å². The Morgan fingerprint density at radius 3 is 2.05 bits per heavy atom. The molecule has 0 fully saturated rings. The molecule has 3 aromatic rings. The van der Waals surface area contributed by atoms with Crippen LogP contribution in [0.25, 0.3) is 0 Å². The number of ether oxygens (including phenoxy) is 3. The molecule has 6 heteroatoms. The summed E-state index contributed by atoms with van der Waals surface area (Å²) < 4.78 is 17.2. The largest absolute Gasteiger partial charge is 0.497 e. The molecule has 5 nitrogen and oxygen atoms in total. The van der Waals surface area contributed by atoms with Gasteiger partial charge in [0.05, 0.1) is 19.0 Å². The van der Waals surface area contributed by atoms with Crippen molar-refractivity contribution in [3.05, 3.63) is 83.4 Å². The minimum atomic E-state index is -0.461. The number of carbonyl (C=O) groups excluding carboxylic acids is 2. The number of thioether (sulfide) groups is 1. The first-order chi connectivity index (χ1) is 17.9. The summed E-state index contributed by atoms with van der Waals surface area (Å²) in [5.41, 5.74) is 3.50. The van der Waals surface area contributed by atoms with Gasteiger partial charge in [0.25, 0.3) is 0 Å². The monoisotopic (exact) mass is 520 g/mol. The molecule has 37 heavy (non-hydrogen) atoms. The lowest BCUT2D eigenvalue weighted by molar-refractivity contribution is -0.117. The third kappa shape index (κ3) is 8.97. The molecule has 0 spiro atoms. The van der Waals surface area contributed by atoms with Crippen molar-refractivity contribution in [1.82, 2.24) is 0 Å². The maximum absolute atomic E-state index is 11.9. The lowest BCUT2D eigenvalue weighted by Gasteiger charge is -2.14. The molecule has 0 N–H and O–H groups in total. The second kappa shape index (κ2) is 14.5. The zero-order valence-electron chi connectivity index (χ0n) is 22.1. The number of hydrogen-bond acceptors (Lipinski definition) is 6. The maximum Gasteiger partial charge on any atom is 0.186 e. The predicted octanol–water partition coefficient (Wildman–Crippen LogP) is 7.75. The second-order valence-electron chi connectivity index (χ2n) is 8.93. The Morgan fingerprint density at radius 2 is 1.43 bits per heavy atom. The van der Waals surface area contributed by atoms with E-state index in [2.05, 4.69) is 19.1 Å². The van der Waals surface area contributed by atoms with E-state index in [-0.39, 0.29) is 10.9 Å². The van der Waals surface area contributed by atoms with Gasteiger partial charge in [-0.25, -0.2) is 0 Å². The van der Waals surface area contributed by atoms with Gasteiger partial charge in [-0.3, -0.25) is 9.59 Å². The van der Waals surface area contributed by atoms with E-state index < -0.39 is 5.25 Å². The van der Waals surface area contributed by atoms with E-state index in [1.165, 1.54) is 25.0 Å². The summed E-state index contributed by atoms with van der Waals surface area (Å²) in [7, 11) is 1.65. The van der Waals surface area contributed by atoms with E-state index in [0.29, 0.717) is 6.61 Å². The lowest BCUT2D eigenvalue weighted by atomic mass is 9.98. The maximum atomic E-state index is 11.9. The number of ketones is 1. The molecule has 196 valence electrons. The quantitative estimate of drug-likeness (QED) is 0.203. The molecule has 0 aliphatic carbocycles. The van der Waals surface area contributed by atoms with E-state index in [1.54, 1.807) is 7.11 Å². The van der Waals surface area contributed by atoms with Crippen molar-refractivity contribution in [3.63, 3.8) is 0 Å². The number of methoxy groups -OCH3 is 1. The molecule has 0 bridgehead atoms. The number of benzene rings is 3. The summed E-state index contributed by atoms with van der Waals surface area (Å²) in [5, 5.41) is -0.529. The van der Waals surface area contributed by atoms with Crippen LogP contribution in [-0.4, -0.2) is 24.6 Å². The highest BCUT2D eigenvalue weighted by molar-refractivity contribution is 8.14. The molecule has 3 rings (SSSR count). The van der Waals surface area contributed by atoms with E-state index in [9.17, 15) is 9.59 Å². The molecule has 0 radical (unpaired) electrons. The summed E-state index contributed by atoms with van der Waals surface area (Å²) >= 11 is 1.05. The lowest BCUT2D eigenvalue weighted by Crippen LogP contribution is -2.07. The molecule has 0 amide bonds. The zero-order chi connectivity index (χ0) is 26.6. The van der Waals surface area contributed by atoms with Crippen molar-refractivity contribution in [1.29, 1.82) is 0 Å². The fourth-order valence-corrected chi connectivity index (χ4v) is 4.88. The number of hydrogen-bond donors (Lipinski definition) is 0. The van der Waals surface area contributed by atoms with Gasteiger partial charge in [0.2, 0.25) is 0 Å². The molecule has 0 saturated heterocycles. The molecular weight excluding hydrogens is 484 g/mol. The number of unbranched alkanes of at least 4 members (excludes halogenated alkanes) is 1. The van der Waals surface area contributed by atoms with Crippen LogP contribution in [0.3, 0.4) is 0 Å². The Kier molecular flexibility index (Phi) is 11.1. The van der Waals surface area contributed by atoms with Gasteiger partial charge in [0.15, 0.2) is 5.12 Å². The number of Topliss-reactive ketones (excluding diaryl/α,β-unsaturated/α-hetero) is 1. The molecule has 0 aliphatic heterocycles. The van der Waals surface area contributed by atoms with Gasteiger partial charge in [-0.15, -0.1) is 0 Å². The molecule has 0 aliphatic rings. The van der Waals surface area contributed by atoms with Crippen molar-refractivity contribution >= 4 is 22.7 Å². The smallest absolute Gasteiger partial charge is 0.186 e. The zero-order valence-corrected chi connectivity index (χ0v) is 22.9. The third-order valence-corrected chi connectivity index (χ3v) is 7.11. The summed E-state index contributed by atoms with van der Waals surface area (Å²) in [6.45, 7) is 5.81. The van der Waals surface area contributed by atoms with Crippen LogP contribution >= 0.6 is 11.8 Å². The topological polar surface area (TPSA) is 61.8 Å². The van der Waals surface area contributed by atoms with Gasteiger partial charge in [0, 0.05) is 6.92 Å². The fourth-order valence-electron chi connectivity index (χ4n) is 4.09. The Balaban J connectivity index is 1.49. The number of aryl methyl sites for hydroxylation is 2. The van der Waals surface area contributed by atoms with Crippen LogP contribution in [0.15, 0.2) is 66.7 Å². The summed E-state index contributed by atoms with van der Waals surface area (Å²) in [5.74, 6) is 3.18. The van der Waals surface area contributed by atoms with Crippen molar-refractivity contribution in [3.8, 4) is 23.0 Å². The van der Waals surface area contributed by atoms with Crippen LogP contribution in [-0.2, 0) is 22.4 Å². The van der Waals surface area contributed by atoms with Gasteiger partial charge in [-0.2, -0.15) is 0 Å². The number of rotatable bonds is 14. The highest BCUT2D eigenvalue weighted by atomic mass is 32.2. The van der Waals surface area contributed by atoms with Crippen LogP contribution in [0.5, 0.6) is 23.0 Å². The second-order valence-corrected chi connectivity index (χ2v) is 10.2. The average Bonchev–Trinajstić information content (AvgIpc) is 2.89. The van der Waals surface area contributed by atoms with Crippen LogP contribution in [0.2, 0.25) is 0 Å². The van der Waals surface area contributed by atoms with Crippen LogP contribution in [0.1, 0.15) is 62.0 Å². The Labute approximate surface area is 224 Å². The summed E-state index contributed by atoms with van der Waals surface area (Å²) in [4.78, 5) is 23.3. The Bertz CT molecular complexity index is 1160. The molecular formula is C31H36O5S. The molecule has 1 atom stereocenters. The molecule has 0 aromatic heterocycles. The third-order valence-electron chi connectivity index (χ3n) is 5.94. The SMILES string of the molecule is CCCc1cc(Oc2ccc(OC)cc2)ccc1CCCCOc1ccc(C(SC(C)=O)C(C)=O)cc1. The average molecular weight is 521 g/mol. The molecule has 0 saturated carbocycles. The van der Waals surface area contributed by atoms with Crippen molar-refractivity contribution in [2.75, 3.05) is 13.7 Å².